The summed E-state index contributed by atoms with van der Waals surface area (Å²) in [4.78, 5) is 13.3. The molecule has 0 bridgehead atoms. The van der Waals surface area contributed by atoms with Gasteiger partial charge in [0.2, 0.25) is 5.91 Å². The third-order valence-corrected chi connectivity index (χ3v) is 2.95. The molecule has 1 atom stereocenters. The number of carbonyl (C=O) groups is 1. The molecule has 1 unspecified atom stereocenters. The summed E-state index contributed by atoms with van der Waals surface area (Å²) in [6.45, 7) is 6.44. The van der Waals surface area contributed by atoms with Crippen LogP contribution < -0.4 is 5.32 Å². The monoisotopic (exact) mass is 214 g/mol. The first kappa shape index (κ1) is 10.9. The van der Waals surface area contributed by atoms with Crippen LogP contribution in [0, 0.1) is 0 Å². The minimum atomic E-state index is -0.333. The van der Waals surface area contributed by atoms with Gasteiger partial charge < -0.3 is 19.7 Å². The number of carbonyl (C=O) groups excluding carboxylic acids is 1. The van der Waals surface area contributed by atoms with Crippen LogP contribution in [0.15, 0.2) is 0 Å². The van der Waals surface area contributed by atoms with Crippen molar-refractivity contribution in [1.82, 2.24) is 10.2 Å². The maximum absolute atomic E-state index is 11.5. The minimum Gasteiger partial charge on any atom is -0.377 e. The van der Waals surface area contributed by atoms with E-state index in [4.69, 9.17) is 9.47 Å². The highest BCUT2D eigenvalue weighted by molar-refractivity contribution is 5.78. The summed E-state index contributed by atoms with van der Waals surface area (Å²) < 4.78 is 11.1. The zero-order valence-electron chi connectivity index (χ0n) is 9.12. The van der Waals surface area contributed by atoms with Crippen molar-refractivity contribution in [3.05, 3.63) is 0 Å². The van der Waals surface area contributed by atoms with Gasteiger partial charge in [0.15, 0.2) is 0 Å². The molecule has 0 aromatic rings. The first-order chi connectivity index (χ1) is 7.26. The number of amides is 1. The van der Waals surface area contributed by atoms with Crippen molar-refractivity contribution in [2.45, 2.75) is 12.5 Å². The lowest BCUT2D eigenvalue weighted by atomic mass is 10.0. The summed E-state index contributed by atoms with van der Waals surface area (Å²) >= 11 is 0. The van der Waals surface area contributed by atoms with Gasteiger partial charge in [-0.2, -0.15) is 0 Å². The van der Waals surface area contributed by atoms with Gasteiger partial charge in [0.1, 0.15) is 12.2 Å². The predicted octanol–water partition coefficient (Wildman–Crippen LogP) is -0.776. The molecule has 2 aliphatic rings. The van der Waals surface area contributed by atoms with Crippen LogP contribution in [0.1, 0.15) is 6.92 Å². The van der Waals surface area contributed by atoms with E-state index < -0.39 is 0 Å². The van der Waals surface area contributed by atoms with E-state index in [1.54, 1.807) is 0 Å². The second-order valence-electron chi connectivity index (χ2n) is 4.11. The third-order valence-electron chi connectivity index (χ3n) is 2.95. The summed E-state index contributed by atoms with van der Waals surface area (Å²) in [5.41, 5.74) is -0.333. The van der Waals surface area contributed by atoms with Gasteiger partial charge in [-0.05, 0) is 6.92 Å². The summed E-state index contributed by atoms with van der Waals surface area (Å²) in [5.74, 6) is 0.0763. The van der Waals surface area contributed by atoms with E-state index in [9.17, 15) is 4.79 Å². The Hall–Kier alpha value is -0.650. The fraction of sp³-hybridized carbons (Fsp3) is 0.900. The van der Waals surface area contributed by atoms with Crippen molar-refractivity contribution >= 4 is 5.91 Å². The van der Waals surface area contributed by atoms with E-state index >= 15 is 0 Å². The van der Waals surface area contributed by atoms with Gasteiger partial charge in [0.25, 0.3) is 0 Å². The molecule has 2 heterocycles. The molecular weight excluding hydrogens is 196 g/mol. The molecule has 0 aromatic heterocycles. The van der Waals surface area contributed by atoms with Crippen LogP contribution in [0.25, 0.3) is 0 Å². The summed E-state index contributed by atoms with van der Waals surface area (Å²) in [7, 11) is 0. The molecule has 2 saturated heterocycles. The van der Waals surface area contributed by atoms with Gasteiger partial charge in [-0.1, -0.05) is 0 Å². The topological polar surface area (TPSA) is 50.8 Å². The second kappa shape index (κ2) is 4.47. The minimum absolute atomic E-state index is 0.0763. The van der Waals surface area contributed by atoms with Gasteiger partial charge >= 0.3 is 0 Å². The van der Waals surface area contributed by atoms with E-state index in [1.807, 2.05) is 11.8 Å². The highest BCUT2D eigenvalue weighted by Gasteiger charge is 2.40. The van der Waals surface area contributed by atoms with Crippen LogP contribution >= 0.6 is 0 Å². The molecule has 5 heteroatoms. The molecule has 0 aromatic carbocycles. The Morgan fingerprint density at radius 3 is 3.27 bits per heavy atom. The first-order valence-electron chi connectivity index (χ1n) is 5.46. The lowest BCUT2D eigenvalue weighted by Crippen LogP contribution is -2.60. The number of morpholine rings is 1. The van der Waals surface area contributed by atoms with Crippen LogP contribution in [0.2, 0.25) is 0 Å². The number of hydrogen-bond acceptors (Lipinski definition) is 4. The van der Waals surface area contributed by atoms with Crippen LogP contribution in [-0.4, -0.2) is 62.4 Å². The van der Waals surface area contributed by atoms with Gasteiger partial charge in [0, 0.05) is 19.6 Å². The van der Waals surface area contributed by atoms with Crippen LogP contribution in [0.3, 0.4) is 0 Å². The van der Waals surface area contributed by atoms with Crippen molar-refractivity contribution in [1.29, 1.82) is 0 Å². The van der Waals surface area contributed by atoms with Gasteiger partial charge in [-0.25, -0.2) is 0 Å². The molecule has 1 amide bonds. The van der Waals surface area contributed by atoms with Gasteiger partial charge in [-0.15, -0.1) is 0 Å². The fourth-order valence-electron chi connectivity index (χ4n) is 2.04. The van der Waals surface area contributed by atoms with E-state index in [0.29, 0.717) is 19.8 Å². The maximum Gasteiger partial charge on any atom is 0.248 e. The lowest BCUT2D eigenvalue weighted by Gasteiger charge is -2.41. The molecule has 2 rings (SSSR count). The number of nitrogens with one attached hydrogen (secondary N) is 1. The van der Waals surface area contributed by atoms with E-state index in [-0.39, 0.29) is 18.1 Å². The molecule has 1 spiro atoms. The Morgan fingerprint density at radius 1 is 1.60 bits per heavy atom. The molecule has 0 radical (unpaired) electrons. The number of hydrogen-bond donors (Lipinski definition) is 1. The summed E-state index contributed by atoms with van der Waals surface area (Å²) in [6.07, 6.45) is 0. The van der Waals surface area contributed by atoms with Crippen molar-refractivity contribution in [2.75, 3.05) is 46.0 Å². The highest BCUT2D eigenvalue weighted by atomic mass is 16.5. The zero-order chi connectivity index (χ0) is 10.7. The Balaban J connectivity index is 2.04. The zero-order valence-corrected chi connectivity index (χ0v) is 9.12. The van der Waals surface area contributed by atoms with E-state index in [0.717, 1.165) is 19.6 Å². The molecule has 15 heavy (non-hydrogen) atoms. The van der Waals surface area contributed by atoms with E-state index in [2.05, 4.69) is 5.32 Å². The average Bonchev–Trinajstić information content (AvgIpc) is 2.48. The fourth-order valence-corrected chi connectivity index (χ4v) is 2.04. The predicted molar refractivity (Wildman–Crippen MR) is 54.6 cm³/mol. The molecule has 2 aliphatic heterocycles. The van der Waals surface area contributed by atoms with Crippen molar-refractivity contribution in [2.24, 2.45) is 0 Å². The number of ether oxygens (including phenoxy) is 2. The van der Waals surface area contributed by atoms with Gasteiger partial charge in [-0.3, -0.25) is 4.79 Å². The molecule has 0 aliphatic carbocycles. The molecule has 0 saturated carbocycles. The number of rotatable bonds is 1. The van der Waals surface area contributed by atoms with Crippen LogP contribution in [0.4, 0.5) is 0 Å². The van der Waals surface area contributed by atoms with Gasteiger partial charge in [0.05, 0.1) is 19.8 Å². The standard InChI is InChI=1S/C10H18N2O3/c1-2-12-7-10(15-5-9(12)13)6-11-3-4-14-8-10/h11H,2-8H2,1H3. The normalized spacial score (nSPS) is 33.1. The number of likely N-dealkylation sites (N-methyl/N-ethyl adjacent to an activating group) is 1. The highest BCUT2D eigenvalue weighted by Crippen LogP contribution is 2.19. The molecule has 1 N–H and O–H groups in total. The quantitative estimate of drug-likeness (QED) is 0.622. The summed E-state index contributed by atoms with van der Waals surface area (Å²) in [5, 5.41) is 3.28. The molecule has 2 fully saturated rings. The average molecular weight is 214 g/mol. The second-order valence-corrected chi connectivity index (χ2v) is 4.11. The smallest absolute Gasteiger partial charge is 0.248 e. The Labute approximate surface area is 89.7 Å². The Bertz CT molecular complexity index is 237. The third kappa shape index (κ3) is 2.30. The Kier molecular flexibility index (Phi) is 3.23. The lowest BCUT2D eigenvalue weighted by molar-refractivity contribution is -0.169. The van der Waals surface area contributed by atoms with Crippen molar-refractivity contribution < 1.29 is 14.3 Å². The van der Waals surface area contributed by atoms with Crippen molar-refractivity contribution in [3.63, 3.8) is 0 Å². The van der Waals surface area contributed by atoms with Crippen LogP contribution in [-0.2, 0) is 14.3 Å². The van der Waals surface area contributed by atoms with Crippen molar-refractivity contribution in [3.8, 4) is 0 Å². The molecule has 5 nitrogen and oxygen atoms in total. The maximum atomic E-state index is 11.5. The SMILES string of the molecule is CCN1CC2(CNCCOC2)OCC1=O. The Morgan fingerprint density at radius 2 is 2.47 bits per heavy atom. The largest absolute Gasteiger partial charge is 0.377 e. The first-order valence-corrected chi connectivity index (χ1v) is 5.46. The van der Waals surface area contributed by atoms with Crippen LogP contribution in [0.5, 0.6) is 0 Å². The molecular formula is C10H18N2O3. The summed E-state index contributed by atoms with van der Waals surface area (Å²) in [6, 6.07) is 0. The molecule has 86 valence electrons. The van der Waals surface area contributed by atoms with E-state index in [1.165, 1.54) is 0 Å². The number of nitrogens with zero attached hydrogens (tertiary/aromatic N) is 1.